The highest BCUT2D eigenvalue weighted by Gasteiger charge is 2.14. The van der Waals surface area contributed by atoms with E-state index in [0.717, 1.165) is 6.20 Å². The summed E-state index contributed by atoms with van der Waals surface area (Å²) in [6.07, 6.45) is 1.08. The van der Waals surface area contributed by atoms with Crippen molar-refractivity contribution in [3.05, 3.63) is 24.0 Å². The van der Waals surface area contributed by atoms with Gasteiger partial charge in [-0.3, -0.25) is 4.84 Å². The lowest BCUT2D eigenvalue weighted by Crippen LogP contribution is -2.25. The fourth-order valence-corrected chi connectivity index (χ4v) is 1.67. The van der Waals surface area contributed by atoms with Crippen LogP contribution in [0, 0.1) is 11.3 Å². The molecule has 1 N–H and O–H groups in total. The monoisotopic (exact) mass is 257 g/mol. The molecule has 8 heteroatoms. The highest BCUT2D eigenvalue weighted by molar-refractivity contribution is 7.89. The zero-order valence-corrected chi connectivity index (χ0v) is 9.90. The number of sulfonamides is 1. The maximum atomic E-state index is 11.6. The van der Waals surface area contributed by atoms with Crippen LogP contribution in [0.15, 0.2) is 23.2 Å². The van der Waals surface area contributed by atoms with Crippen molar-refractivity contribution in [2.75, 3.05) is 20.3 Å². The molecule has 0 saturated heterocycles. The van der Waals surface area contributed by atoms with E-state index in [1.54, 1.807) is 6.07 Å². The van der Waals surface area contributed by atoms with E-state index in [1.165, 1.54) is 19.2 Å². The third-order valence-electron chi connectivity index (χ3n) is 1.72. The van der Waals surface area contributed by atoms with Crippen molar-refractivity contribution in [1.82, 2.24) is 9.87 Å². The van der Waals surface area contributed by atoms with Crippen LogP contribution < -0.4 is 4.89 Å². The van der Waals surface area contributed by atoms with Crippen LogP contribution in [-0.4, -0.2) is 33.7 Å². The smallest absolute Gasteiger partial charge is 0.264 e. The number of ether oxygens (including phenoxy) is 1. The van der Waals surface area contributed by atoms with Crippen molar-refractivity contribution in [3.8, 4) is 6.07 Å². The summed E-state index contributed by atoms with van der Waals surface area (Å²) in [5.74, 6) is 0. The number of aromatic nitrogens is 1. The summed E-state index contributed by atoms with van der Waals surface area (Å²) in [7, 11) is -2.29. The standard InChI is InChI=1S/C9H11N3O4S/c1-15-4-5-16-12-17(13,14)9-3-2-8(6-10)11-7-9/h2-3,7,12H,4-5H2,1H3. The van der Waals surface area contributed by atoms with Gasteiger partial charge in [0, 0.05) is 13.3 Å². The second-order valence-electron chi connectivity index (χ2n) is 2.92. The molecule has 0 spiro atoms. The largest absolute Gasteiger partial charge is 0.382 e. The summed E-state index contributed by atoms with van der Waals surface area (Å²) in [6.45, 7) is 0.369. The molecular formula is C9H11N3O4S. The summed E-state index contributed by atoms with van der Waals surface area (Å²) in [4.78, 5) is 10.2. The van der Waals surface area contributed by atoms with Crippen LogP contribution in [0.3, 0.4) is 0 Å². The fourth-order valence-electron chi connectivity index (χ4n) is 0.898. The molecule has 17 heavy (non-hydrogen) atoms. The second kappa shape index (κ2) is 6.27. The van der Waals surface area contributed by atoms with E-state index in [4.69, 9.17) is 10.1 Å². The number of hydrogen-bond donors (Lipinski definition) is 1. The first-order valence-corrected chi connectivity index (χ1v) is 6.07. The van der Waals surface area contributed by atoms with Gasteiger partial charge in [-0.05, 0) is 12.1 Å². The molecular weight excluding hydrogens is 246 g/mol. The number of rotatable bonds is 6. The molecule has 7 nitrogen and oxygen atoms in total. The normalized spacial score (nSPS) is 11.1. The summed E-state index contributed by atoms with van der Waals surface area (Å²) in [5, 5.41) is 8.52. The van der Waals surface area contributed by atoms with Gasteiger partial charge >= 0.3 is 0 Å². The first kappa shape index (κ1) is 13.5. The Morgan fingerprint density at radius 2 is 2.24 bits per heavy atom. The summed E-state index contributed by atoms with van der Waals surface area (Å²) in [5.41, 5.74) is 0.143. The predicted molar refractivity (Wildman–Crippen MR) is 57.1 cm³/mol. The van der Waals surface area contributed by atoms with E-state index in [-0.39, 0.29) is 23.8 Å². The SMILES string of the molecule is COCCONS(=O)(=O)c1ccc(C#N)nc1. The van der Waals surface area contributed by atoms with E-state index < -0.39 is 10.0 Å². The number of nitriles is 1. The van der Waals surface area contributed by atoms with Crippen LogP contribution in [0.1, 0.15) is 5.69 Å². The molecule has 92 valence electrons. The molecule has 0 radical (unpaired) electrons. The Labute approximate surface area is 99.0 Å². The van der Waals surface area contributed by atoms with Crippen LogP contribution in [0.2, 0.25) is 0 Å². The van der Waals surface area contributed by atoms with Gasteiger partial charge in [-0.15, -0.1) is 0 Å². The van der Waals surface area contributed by atoms with Crippen LogP contribution in [-0.2, 0) is 19.6 Å². The van der Waals surface area contributed by atoms with Crippen molar-refractivity contribution < 1.29 is 18.0 Å². The Morgan fingerprint density at radius 1 is 1.47 bits per heavy atom. The number of nitrogens with zero attached hydrogens (tertiary/aromatic N) is 2. The number of pyridine rings is 1. The Kier molecular flexibility index (Phi) is 4.99. The molecule has 0 saturated carbocycles. The molecule has 1 rings (SSSR count). The highest BCUT2D eigenvalue weighted by atomic mass is 32.2. The molecule has 0 atom stereocenters. The Bertz CT molecular complexity index is 492. The van der Waals surface area contributed by atoms with Gasteiger partial charge in [-0.2, -0.15) is 5.26 Å². The third-order valence-corrected chi connectivity index (χ3v) is 2.92. The van der Waals surface area contributed by atoms with Crippen LogP contribution in [0.4, 0.5) is 0 Å². The molecule has 1 aromatic rings. The molecule has 0 aliphatic rings. The van der Waals surface area contributed by atoms with E-state index >= 15 is 0 Å². The maximum Gasteiger partial charge on any atom is 0.264 e. The lowest BCUT2D eigenvalue weighted by Gasteiger charge is -2.06. The van der Waals surface area contributed by atoms with Gasteiger partial charge in [0.2, 0.25) is 0 Å². The minimum absolute atomic E-state index is 0.0751. The molecule has 1 heterocycles. The first-order valence-electron chi connectivity index (χ1n) is 4.59. The first-order chi connectivity index (χ1) is 8.10. The minimum atomic E-state index is -3.77. The van der Waals surface area contributed by atoms with Crippen LogP contribution in [0.5, 0.6) is 0 Å². The topological polar surface area (TPSA) is 101 Å². The molecule has 0 fully saturated rings. The lowest BCUT2D eigenvalue weighted by molar-refractivity contribution is 0.0438. The van der Waals surface area contributed by atoms with E-state index in [9.17, 15) is 8.42 Å². The summed E-state index contributed by atoms with van der Waals surface area (Å²) in [6, 6.07) is 4.37. The highest BCUT2D eigenvalue weighted by Crippen LogP contribution is 2.06. The van der Waals surface area contributed by atoms with Gasteiger partial charge in [0.15, 0.2) is 0 Å². The predicted octanol–water partition coefficient (Wildman–Crippen LogP) is -0.190. The lowest BCUT2D eigenvalue weighted by atomic mass is 10.4. The number of hydrogen-bond acceptors (Lipinski definition) is 6. The van der Waals surface area contributed by atoms with Crippen molar-refractivity contribution in [2.24, 2.45) is 0 Å². The zero-order chi connectivity index (χ0) is 12.7. The quantitative estimate of drug-likeness (QED) is 0.560. The maximum absolute atomic E-state index is 11.6. The van der Waals surface area contributed by atoms with Crippen molar-refractivity contribution in [2.45, 2.75) is 4.90 Å². The summed E-state index contributed by atoms with van der Waals surface area (Å²) < 4.78 is 27.9. The molecule has 0 bridgehead atoms. The van der Waals surface area contributed by atoms with Gasteiger partial charge in [-0.1, -0.05) is 4.89 Å². The van der Waals surface area contributed by atoms with Gasteiger partial charge in [-0.25, -0.2) is 13.4 Å². The molecule has 1 aromatic heterocycles. The van der Waals surface area contributed by atoms with E-state index in [1.807, 2.05) is 4.89 Å². The minimum Gasteiger partial charge on any atom is -0.382 e. The Hall–Kier alpha value is -1.53. The van der Waals surface area contributed by atoms with Crippen LogP contribution >= 0.6 is 0 Å². The summed E-state index contributed by atoms with van der Waals surface area (Å²) >= 11 is 0. The van der Waals surface area contributed by atoms with Gasteiger partial charge in [0.1, 0.15) is 16.7 Å². The van der Waals surface area contributed by atoms with Gasteiger partial charge in [0.05, 0.1) is 13.2 Å². The van der Waals surface area contributed by atoms with Crippen molar-refractivity contribution >= 4 is 10.0 Å². The Morgan fingerprint density at radius 3 is 2.76 bits per heavy atom. The fraction of sp³-hybridized carbons (Fsp3) is 0.333. The molecule has 0 amide bonds. The number of nitrogens with one attached hydrogen (secondary N) is 1. The molecule has 0 aliphatic heterocycles. The molecule has 0 aliphatic carbocycles. The van der Waals surface area contributed by atoms with Crippen molar-refractivity contribution in [3.63, 3.8) is 0 Å². The third kappa shape index (κ3) is 4.08. The van der Waals surface area contributed by atoms with Crippen molar-refractivity contribution in [1.29, 1.82) is 5.26 Å². The zero-order valence-electron chi connectivity index (χ0n) is 9.08. The average Bonchev–Trinajstić information content (AvgIpc) is 2.35. The average molecular weight is 257 g/mol. The van der Waals surface area contributed by atoms with E-state index in [0.29, 0.717) is 0 Å². The second-order valence-corrected chi connectivity index (χ2v) is 4.56. The molecule has 0 unspecified atom stereocenters. The van der Waals surface area contributed by atoms with Gasteiger partial charge < -0.3 is 4.74 Å². The molecule has 0 aromatic carbocycles. The van der Waals surface area contributed by atoms with Crippen LogP contribution in [0.25, 0.3) is 0 Å². The van der Waals surface area contributed by atoms with E-state index in [2.05, 4.69) is 9.72 Å². The van der Waals surface area contributed by atoms with Gasteiger partial charge in [0.25, 0.3) is 10.0 Å². The number of methoxy groups -OCH3 is 1. The Balaban J connectivity index is 2.66.